The average molecular weight is 408 g/mol. The second-order valence-electron chi connectivity index (χ2n) is 7.22. The summed E-state index contributed by atoms with van der Waals surface area (Å²) in [5.74, 6) is 1.83. The first-order chi connectivity index (χ1) is 15.2. The molecule has 31 heavy (non-hydrogen) atoms. The Morgan fingerprint density at radius 3 is 2.61 bits per heavy atom. The van der Waals surface area contributed by atoms with E-state index in [2.05, 4.69) is 27.3 Å². The maximum absolute atomic E-state index is 5.91. The monoisotopic (exact) mass is 408 g/mol. The molecule has 0 bridgehead atoms. The van der Waals surface area contributed by atoms with Gasteiger partial charge in [0.15, 0.2) is 5.76 Å². The van der Waals surface area contributed by atoms with Crippen LogP contribution in [-0.4, -0.2) is 15.1 Å². The minimum atomic E-state index is 0.420. The molecule has 152 valence electrons. The lowest BCUT2D eigenvalue weighted by Gasteiger charge is -2.07. The zero-order chi connectivity index (χ0) is 21.0. The summed E-state index contributed by atoms with van der Waals surface area (Å²) in [6.45, 7) is 0.420. The number of nitrogen functional groups attached to an aromatic ring is 1. The number of nitrogens with zero attached hydrogens (tertiary/aromatic N) is 3. The Morgan fingerprint density at radius 1 is 0.871 bits per heavy atom. The summed E-state index contributed by atoms with van der Waals surface area (Å²) in [5.41, 5.74) is 10.5. The molecule has 2 N–H and O–H groups in total. The van der Waals surface area contributed by atoms with Gasteiger partial charge >= 0.3 is 0 Å². The first kappa shape index (κ1) is 18.8. The number of rotatable bonds is 6. The lowest BCUT2D eigenvalue weighted by Crippen LogP contribution is -1.98. The van der Waals surface area contributed by atoms with Gasteiger partial charge in [0, 0.05) is 24.1 Å². The van der Waals surface area contributed by atoms with Gasteiger partial charge in [-0.15, -0.1) is 0 Å². The number of ether oxygens (including phenoxy) is 1. The molecule has 0 spiro atoms. The van der Waals surface area contributed by atoms with Gasteiger partial charge in [-0.05, 0) is 42.0 Å². The van der Waals surface area contributed by atoms with E-state index in [9.17, 15) is 0 Å². The van der Waals surface area contributed by atoms with E-state index in [0.29, 0.717) is 24.6 Å². The van der Waals surface area contributed by atoms with Crippen LogP contribution in [0.5, 0.6) is 5.75 Å². The van der Waals surface area contributed by atoms with E-state index in [1.54, 1.807) is 6.20 Å². The lowest BCUT2D eigenvalue weighted by molar-refractivity contribution is 0.301. The topological polar surface area (TPSA) is 87.1 Å². The number of para-hydroxylation sites is 1. The third-order valence-corrected chi connectivity index (χ3v) is 5.01. The van der Waals surface area contributed by atoms with Gasteiger partial charge in [0.2, 0.25) is 0 Å². The second kappa shape index (κ2) is 8.28. The van der Waals surface area contributed by atoms with Crippen molar-refractivity contribution >= 4 is 16.7 Å². The largest absolute Gasteiger partial charge is 0.487 e. The van der Waals surface area contributed by atoms with Crippen molar-refractivity contribution < 1.29 is 9.26 Å². The van der Waals surface area contributed by atoms with Gasteiger partial charge in [-0.3, -0.25) is 0 Å². The van der Waals surface area contributed by atoms with Crippen LogP contribution in [0, 0.1) is 0 Å². The van der Waals surface area contributed by atoms with Gasteiger partial charge in [0.05, 0.1) is 22.5 Å². The zero-order valence-corrected chi connectivity index (χ0v) is 16.7. The quantitative estimate of drug-likeness (QED) is 0.424. The van der Waals surface area contributed by atoms with E-state index in [0.717, 1.165) is 39.2 Å². The molecular formula is C25H20N4O2. The first-order valence-corrected chi connectivity index (χ1v) is 9.97. The Morgan fingerprint density at radius 2 is 1.74 bits per heavy atom. The molecule has 0 aliphatic rings. The Labute approximate surface area is 179 Å². The van der Waals surface area contributed by atoms with Crippen LogP contribution in [-0.2, 0) is 13.0 Å². The van der Waals surface area contributed by atoms with Gasteiger partial charge in [-0.2, -0.15) is 0 Å². The summed E-state index contributed by atoms with van der Waals surface area (Å²) in [5, 5.41) is 5.28. The molecule has 6 nitrogen and oxygen atoms in total. The van der Waals surface area contributed by atoms with Crippen LogP contribution >= 0.6 is 0 Å². The summed E-state index contributed by atoms with van der Waals surface area (Å²) >= 11 is 0. The van der Waals surface area contributed by atoms with Crippen LogP contribution in [0.1, 0.15) is 17.0 Å². The van der Waals surface area contributed by atoms with Crippen LogP contribution in [0.2, 0.25) is 0 Å². The molecule has 0 atom stereocenters. The predicted octanol–water partition coefficient (Wildman–Crippen LogP) is 5.04. The Kier molecular flexibility index (Phi) is 5.02. The normalized spacial score (nSPS) is 11.0. The fourth-order valence-electron chi connectivity index (χ4n) is 3.41. The molecule has 5 rings (SSSR count). The van der Waals surface area contributed by atoms with Crippen molar-refractivity contribution in [3.8, 4) is 17.1 Å². The molecule has 0 saturated heterocycles. The van der Waals surface area contributed by atoms with Crippen molar-refractivity contribution in [1.29, 1.82) is 0 Å². The minimum Gasteiger partial charge on any atom is -0.487 e. The van der Waals surface area contributed by atoms with Crippen LogP contribution in [0.4, 0.5) is 5.82 Å². The van der Waals surface area contributed by atoms with E-state index >= 15 is 0 Å². The van der Waals surface area contributed by atoms with Crippen molar-refractivity contribution in [3.05, 3.63) is 102 Å². The van der Waals surface area contributed by atoms with Crippen LogP contribution in [0.25, 0.3) is 22.2 Å². The Bertz CT molecular complexity index is 1330. The number of pyridine rings is 2. The highest BCUT2D eigenvalue weighted by Gasteiger charge is 2.11. The fraction of sp³-hybridized carbons (Fsp3) is 0.0800. The van der Waals surface area contributed by atoms with Crippen LogP contribution < -0.4 is 10.5 Å². The molecule has 6 heteroatoms. The highest BCUT2D eigenvalue weighted by molar-refractivity contribution is 5.78. The number of aromatic nitrogens is 3. The number of benzene rings is 2. The summed E-state index contributed by atoms with van der Waals surface area (Å²) < 4.78 is 11.3. The summed E-state index contributed by atoms with van der Waals surface area (Å²) in [7, 11) is 0. The van der Waals surface area contributed by atoms with Gasteiger partial charge in [-0.1, -0.05) is 41.6 Å². The fourth-order valence-corrected chi connectivity index (χ4v) is 3.41. The average Bonchev–Trinajstić information content (AvgIpc) is 3.27. The second-order valence-corrected chi connectivity index (χ2v) is 7.22. The number of fused-ring (bicyclic) bond motifs is 1. The molecule has 0 aliphatic heterocycles. The SMILES string of the molecule is Nc1ncccc1-c1cc(Cc2ccc(OCc3ccc4ccccc4n3)cc2)no1. The van der Waals surface area contributed by atoms with Crippen molar-refractivity contribution in [2.45, 2.75) is 13.0 Å². The van der Waals surface area contributed by atoms with Crippen LogP contribution in [0.15, 0.2) is 89.6 Å². The Hall–Kier alpha value is -4.19. The number of hydrogen-bond acceptors (Lipinski definition) is 6. The van der Waals surface area contributed by atoms with E-state index in [1.165, 1.54) is 0 Å². The van der Waals surface area contributed by atoms with Crippen molar-refractivity contribution in [1.82, 2.24) is 15.1 Å². The zero-order valence-electron chi connectivity index (χ0n) is 16.7. The van der Waals surface area contributed by atoms with Crippen LogP contribution in [0.3, 0.4) is 0 Å². The molecule has 5 aromatic rings. The molecule has 2 aromatic carbocycles. The molecular weight excluding hydrogens is 388 g/mol. The highest BCUT2D eigenvalue weighted by atomic mass is 16.5. The highest BCUT2D eigenvalue weighted by Crippen LogP contribution is 2.25. The third-order valence-electron chi connectivity index (χ3n) is 5.01. The molecule has 0 fully saturated rings. The maximum Gasteiger partial charge on any atom is 0.170 e. The summed E-state index contributed by atoms with van der Waals surface area (Å²) in [4.78, 5) is 8.72. The molecule has 3 aromatic heterocycles. The predicted molar refractivity (Wildman–Crippen MR) is 119 cm³/mol. The molecule has 0 unspecified atom stereocenters. The minimum absolute atomic E-state index is 0.420. The first-order valence-electron chi connectivity index (χ1n) is 9.97. The van der Waals surface area contributed by atoms with Gasteiger partial charge < -0.3 is 15.0 Å². The van der Waals surface area contributed by atoms with E-state index in [-0.39, 0.29) is 0 Å². The molecule has 3 heterocycles. The van der Waals surface area contributed by atoms with Crippen molar-refractivity contribution in [3.63, 3.8) is 0 Å². The Balaban J connectivity index is 1.22. The molecule has 0 amide bonds. The van der Waals surface area contributed by atoms with E-state index in [4.69, 9.17) is 15.0 Å². The number of hydrogen-bond donors (Lipinski definition) is 1. The maximum atomic E-state index is 5.91. The summed E-state index contributed by atoms with van der Waals surface area (Å²) in [6, 6.07) is 25.6. The van der Waals surface area contributed by atoms with Crippen molar-refractivity contribution in [2.24, 2.45) is 0 Å². The standard InChI is InChI=1S/C25H20N4O2/c26-25-22(5-3-13-27-25)24-15-20(29-31-24)14-17-7-11-21(12-8-17)30-16-19-10-9-18-4-1-2-6-23(18)28-19/h1-13,15H,14,16H2,(H2,26,27). The smallest absolute Gasteiger partial charge is 0.170 e. The molecule has 0 aliphatic carbocycles. The van der Waals surface area contributed by atoms with Gasteiger partial charge in [-0.25, -0.2) is 9.97 Å². The van der Waals surface area contributed by atoms with E-state index < -0.39 is 0 Å². The van der Waals surface area contributed by atoms with E-state index in [1.807, 2.05) is 66.7 Å². The van der Waals surface area contributed by atoms with Gasteiger partial charge in [0.1, 0.15) is 18.2 Å². The number of anilines is 1. The molecule has 0 radical (unpaired) electrons. The third kappa shape index (κ3) is 4.23. The molecule has 0 saturated carbocycles. The number of nitrogens with two attached hydrogens (primary N) is 1. The lowest BCUT2D eigenvalue weighted by atomic mass is 10.1. The summed E-state index contributed by atoms with van der Waals surface area (Å²) in [6.07, 6.45) is 2.30. The van der Waals surface area contributed by atoms with Gasteiger partial charge in [0.25, 0.3) is 0 Å². The van der Waals surface area contributed by atoms with Crippen molar-refractivity contribution in [2.75, 3.05) is 5.73 Å².